The third kappa shape index (κ3) is 12.0. The fourth-order valence-electron chi connectivity index (χ4n) is 7.53. The Labute approximate surface area is 396 Å². The zero-order valence-electron chi connectivity index (χ0n) is 37.1. The van der Waals surface area contributed by atoms with E-state index in [0.29, 0.717) is 40.4 Å². The van der Waals surface area contributed by atoms with E-state index in [0.717, 1.165) is 21.7 Å². The second-order valence-corrected chi connectivity index (χ2v) is 19.3. The van der Waals surface area contributed by atoms with E-state index in [1.165, 1.54) is 32.3 Å². The molecule has 0 aromatic heterocycles. The number of aryl methyl sites for hydroxylation is 1. The quantitative estimate of drug-likeness (QED) is 0.0851. The number of halogens is 2. The monoisotopic (exact) mass is 1010 g/mol. The van der Waals surface area contributed by atoms with Crippen molar-refractivity contribution in [1.29, 1.82) is 0 Å². The second-order valence-electron chi connectivity index (χ2n) is 14.4. The molecule has 0 aliphatic heterocycles. The van der Waals surface area contributed by atoms with Gasteiger partial charge in [-0.2, -0.15) is 0 Å². The van der Waals surface area contributed by atoms with Crippen molar-refractivity contribution in [2.24, 2.45) is 0 Å². The normalized spacial score (nSPS) is 10.4. The van der Waals surface area contributed by atoms with Crippen molar-refractivity contribution < 1.29 is 58.1 Å². The Balaban J connectivity index is 0.000000586. The van der Waals surface area contributed by atoms with Gasteiger partial charge in [0.15, 0.2) is 23.0 Å². The fraction of sp³-hybridized carbons (Fsp3) is 0.192. The molecule has 63 heavy (non-hydrogen) atoms. The van der Waals surface area contributed by atoms with E-state index in [2.05, 4.69) is 164 Å². The Morgan fingerprint density at radius 2 is 0.698 bits per heavy atom. The predicted molar refractivity (Wildman–Crippen MR) is 263 cm³/mol. The van der Waals surface area contributed by atoms with Gasteiger partial charge in [-0.3, -0.25) is 0 Å². The Kier molecular flexibility index (Phi) is 20.8. The summed E-state index contributed by atoms with van der Waals surface area (Å²) in [6, 6.07) is 55.5. The van der Waals surface area contributed by atoms with Gasteiger partial charge in [0.25, 0.3) is 0 Å². The molecular formula is C52H56Cl2O6P2Ru+2. The Morgan fingerprint density at radius 3 is 0.937 bits per heavy atom. The predicted octanol–water partition coefficient (Wildman–Crippen LogP) is 7.20. The van der Waals surface area contributed by atoms with Crippen LogP contribution in [0.4, 0.5) is 0 Å². The molecule has 7 aromatic carbocycles. The maximum absolute atomic E-state index is 6.40. The standard InChI is InChI=1S/C42H40O6P2.C10H14.2ClH.Ru/c1-43-33-27-35(49(29-19-11-7-12-20-29)30-21-13-8-14-22-30)37(41(47-5)39(33)45-3)38-36(28-34(44-2)40(46-4)42(38)48-6)50(31-23-15-9-16-24-31)32-25-17-10-18-26-32;1-8(2)10-6-4-9(3)5-7-10;;;/h7-28H,1-6H3;4-8H,1-3H3;2*1H;/q;;;;+2. The molecule has 7 rings (SSSR count). The Bertz CT molecular complexity index is 2220. The SMILES string of the molecule is COc1cc([PH+](c2ccccc2)c2ccccc2)c(-c2c([PH+](c3ccccc3)c3ccccc3)cc(OC)c(OC)c2OC)c(OC)c1OC.Cc1ccc(C(C)C)cc1.[Cl-].[Cl][Ru+]. The summed E-state index contributed by atoms with van der Waals surface area (Å²) in [7, 11) is 11.1. The van der Waals surface area contributed by atoms with Crippen LogP contribution in [0.2, 0.25) is 0 Å². The van der Waals surface area contributed by atoms with E-state index in [4.69, 9.17) is 28.4 Å². The van der Waals surface area contributed by atoms with Crippen molar-refractivity contribution >= 4 is 57.4 Å². The molecule has 0 atom stereocenters. The molecule has 0 saturated carbocycles. The summed E-state index contributed by atoms with van der Waals surface area (Å²) in [5.74, 6) is 3.89. The molecule has 0 fully saturated rings. The van der Waals surface area contributed by atoms with Crippen LogP contribution in [0, 0.1) is 6.92 Å². The summed E-state index contributed by atoms with van der Waals surface area (Å²) in [6.45, 7) is 6.54. The molecule has 7 aromatic rings. The van der Waals surface area contributed by atoms with Gasteiger partial charge in [-0.05, 0) is 66.9 Å². The molecule has 0 saturated heterocycles. The molecule has 0 radical (unpaired) electrons. The van der Waals surface area contributed by atoms with E-state index in [1.54, 1.807) is 42.7 Å². The van der Waals surface area contributed by atoms with Crippen LogP contribution < -0.4 is 72.7 Å². The number of hydrogen-bond acceptors (Lipinski definition) is 6. The number of ether oxygens (including phenoxy) is 6. The molecule has 0 bridgehead atoms. The van der Waals surface area contributed by atoms with Crippen LogP contribution in [0.25, 0.3) is 11.1 Å². The summed E-state index contributed by atoms with van der Waals surface area (Å²) in [5.41, 5.74) is 4.47. The van der Waals surface area contributed by atoms with E-state index in [1.807, 2.05) is 41.6 Å². The van der Waals surface area contributed by atoms with Gasteiger partial charge in [-0.1, -0.05) is 116 Å². The van der Waals surface area contributed by atoms with E-state index in [-0.39, 0.29) is 12.4 Å². The molecule has 0 aliphatic carbocycles. The van der Waals surface area contributed by atoms with Gasteiger partial charge in [-0.15, -0.1) is 0 Å². The van der Waals surface area contributed by atoms with Gasteiger partial charge in [0, 0.05) is 12.1 Å². The summed E-state index contributed by atoms with van der Waals surface area (Å²) in [5, 5.41) is 6.93. The summed E-state index contributed by atoms with van der Waals surface area (Å²) < 4.78 is 37.0. The molecular weight excluding hydrogens is 954 g/mol. The number of rotatable bonds is 14. The van der Waals surface area contributed by atoms with Crippen LogP contribution >= 0.6 is 25.5 Å². The maximum atomic E-state index is 6.40. The van der Waals surface area contributed by atoms with Gasteiger partial charge in [0.2, 0.25) is 11.5 Å². The molecule has 0 amide bonds. The first-order chi connectivity index (χ1) is 30.3. The van der Waals surface area contributed by atoms with Crippen LogP contribution in [-0.4, -0.2) is 42.7 Å². The zero-order valence-corrected chi connectivity index (χ0v) is 42.4. The minimum atomic E-state index is -1.70. The van der Waals surface area contributed by atoms with E-state index >= 15 is 0 Å². The molecule has 11 heteroatoms. The third-order valence-electron chi connectivity index (χ3n) is 10.4. The number of methoxy groups -OCH3 is 6. The van der Waals surface area contributed by atoms with Crippen molar-refractivity contribution in [3.05, 3.63) is 169 Å². The van der Waals surface area contributed by atoms with Crippen molar-refractivity contribution in [1.82, 2.24) is 0 Å². The molecule has 0 spiro atoms. The first-order valence-electron chi connectivity index (χ1n) is 20.1. The van der Waals surface area contributed by atoms with Crippen molar-refractivity contribution in [2.75, 3.05) is 42.7 Å². The first kappa shape index (κ1) is 51.0. The second kappa shape index (κ2) is 25.6. The first-order valence-corrected chi connectivity index (χ1v) is 25.4. The molecule has 330 valence electrons. The van der Waals surface area contributed by atoms with Gasteiger partial charge in [0.05, 0.1) is 69.6 Å². The Morgan fingerprint density at radius 1 is 0.413 bits per heavy atom. The van der Waals surface area contributed by atoms with Gasteiger partial charge in [-0.25, -0.2) is 0 Å². The molecule has 0 unspecified atom stereocenters. The third-order valence-corrected chi connectivity index (χ3v) is 16.0. The number of benzene rings is 7. The van der Waals surface area contributed by atoms with E-state index in [9.17, 15) is 0 Å². The van der Waals surface area contributed by atoms with Crippen LogP contribution in [-0.2, 0) is 17.3 Å². The molecule has 0 aliphatic rings. The van der Waals surface area contributed by atoms with Gasteiger partial charge < -0.3 is 40.8 Å². The number of hydrogen-bond donors (Lipinski definition) is 0. The zero-order chi connectivity index (χ0) is 44.6. The Hall–Kier alpha value is -4.60. The molecule has 6 nitrogen and oxygen atoms in total. The molecule has 0 N–H and O–H groups in total. The van der Waals surface area contributed by atoms with Crippen molar-refractivity contribution in [2.45, 2.75) is 26.7 Å². The van der Waals surface area contributed by atoms with Gasteiger partial charge in [0.1, 0.15) is 31.8 Å². The fourth-order valence-corrected chi connectivity index (χ4v) is 13.1. The average molecular weight is 1010 g/mol. The van der Waals surface area contributed by atoms with Crippen molar-refractivity contribution in [3.63, 3.8) is 0 Å². The summed E-state index contributed by atoms with van der Waals surface area (Å²) in [6.07, 6.45) is 0. The van der Waals surface area contributed by atoms with E-state index < -0.39 is 15.8 Å². The summed E-state index contributed by atoms with van der Waals surface area (Å²) in [4.78, 5) is 0. The van der Waals surface area contributed by atoms with Crippen LogP contribution in [0.1, 0.15) is 30.9 Å². The topological polar surface area (TPSA) is 55.4 Å². The minimum absolute atomic E-state index is 0. The van der Waals surface area contributed by atoms with Crippen molar-refractivity contribution in [3.8, 4) is 45.6 Å². The van der Waals surface area contributed by atoms with Crippen LogP contribution in [0.15, 0.2) is 158 Å². The van der Waals surface area contributed by atoms with Gasteiger partial charge >= 0.3 is 27.0 Å². The van der Waals surface area contributed by atoms with Crippen LogP contribution in [0.5, 0.6) is 34.5 Å². The van der Waals surface area contributed by atoms with Crippen LogP contribution in [0.3, 0.4) is 0 Å². The molecule has 0 heterocycles. The average Bonchev–Trinajstić information content (AvgIpc) is 3.33. The summed E-state index contributed by atoms with van der Waals surface area (Å²) >= 11 is 1.82.